The van der Waals surface area contributed by atoms with Gasteiger partial charge in [-0.15, -0.1) is 0 Å². The number of hydrogen-bond acceptors (Lipinski definition) is 4. The third-order valence-electron chi connectivity index (χ3n) is 5.58. The molecule has 0 spiro atoms. The summed E-state index contributed by atoms with van der Waals surface area (Å²) in [4.78, 5) is 26.4. The van der Waals surface area contributed by atoms with Crippen LogP contribution in [0.4, 0.5) is 17.1 Å². The second-order valence-electron chi connectivity index (χ2n) is 7.45. The van der Waals surface area contributed by atoms with Gasteiger partial charge in [-0.1, -0.05) is 55.8 Å². The lowest BCUT2D eigenvalue weighted by Crippen LogP contribution is -2.23. The molecule has 0 atom stereocenters. The normalized spacial score (nSPS) is 12.5. The standard InChI is InChI=1S/C25H24N2O2/c1-4-15-12-14(3)13-16(5-2)23(15)27-20-11-10-19(26)21-22(20)25(29)18-9-7-6-8-17(18)24(21)28/h6-13,27H,4-5,26H2,1-3H3. The van der Waals surface area contributed by atoms with Crippen LogP contribution in [0.25, 0.3) is 0 Å². The van der Waals surface area contributed by atoms with Gasteiger partial charge < -0.3 is 11.1 Å². The molecular formula is C25H24N2O2. The van der Waals surface area contributed by atoms with Crippen LogP contribution < -0.4 is 11.1 Å². The number of nitrogens with one attached hydrogen (secondary N) is 1. The number of carbonyl (C=O) groups is 2. The van der Waals surface area contributed by atoms with Gasteiger partial charge in [0.25, 0.3) is 0 Å². The summed E-state index contributed by atoms with van der Waals surface area (Å²) in [5.41, 5.74) is 13.2. The fourth-order valence-corrected chi connectivity index (χ4v) is 4.15. The predicted octanol–water partition coefficient (Wildman–Crippen LogP) is 5.22. The summed E-state index contributed by atoms with van der Waals surface area (Å²) in [6, 6.07) is 14.7. The second kappa shape index (κ2) is 7.21. The van der Waals surface area contributed by atoms with Crippen LogP contribution in [0.15, 0.2) is 48.5 Å². The molecule has 0 saturated carbocycles. The minimum Gasteiger partial charge on any atom is -0.398 e. The van der Waals surface area contributed by atoms with Gasteiger partial charge in [-0.2, -0.15) is 0 Å². The number of fused-ring (bicyclic) bond motifs is 2. The maximum Gasteiger partial charge on any atom is 0.196 e. The Balaban J connectivity index is 1.91. The Morgan fingerprint density at radius 1 is 0.828 bits per heavy atom. The minimum atomic E-state index is -0.202. The van der Waals surface area contributed by atoms with E-state index in [2.05, 4.69) is 38.2 Å². The number of rotatable bonds is 4. The van der Waals surface area contributed by atoms with E-state index in [-0.39, 0.29) is 11.6 Å². The van der Waals surface area contributed by atoms with Gasteiger partial charge in [0.15, 0.2) is 11.6 Å². The Morgan fingerprint density at radius 2 is 1.38 bits per heavy atom. The van der Waals surface area contributed by atoms with Gasteiger partial charge >= 0.3 is 0 Å². The molecule has 0 unspecified atom stereocenters. The molecule has 0 aromatic heterocycles. The first-order valence-corrected chi connectivity index (χ1v) is 9.96. The molecule has 3 N–H and O–H groups in total. The zero-order valence-corrected chi connectivity index (χ0v) is 16.9. The fourth-order valence-electron chi connectivity index (χ4n) is 4.15. The van der Waals surface area contributed by atoms with E-state index in [1.165, 1.54) is 16.7 Å². The molecule has 1 aliphatic rings. The Labute approximate surface area is 170 Å². The van der Waals surface area contributed by atoms with E-state index >= 15 is 0 Å². The van der Waals surface area contributed by atoms with Crippen molar-refractivity contribution in [3.05, 3.63) is 87.5 Å². The lowest BCUT2D eigenvalue weighted by atomic mass is 9.82. The molecule has 0 amide bonds. The lowest BCUT2D eigenvalue weighted by Gasteiger charge is -2.24. The molecule has 0 bridgehead atoms. The van der Waals surface area contributed by atoms with E-state index in [4.69, 9.17) is 5.73 Å². The Bertz CT molecular complexity index is 1140. The molecule has 3 aromatic rings. The van der Waals surface area contributed by atoms with Gasteiger partial charge in [0.2, 0.25) is 0 Å². The molecule has 1 aliphatic carbocycles. The summed E-state index contributed by atoms with van der Waals surface area (Å²) in [5.74, 6) is -0.375. The molecule has 0 fully saturated rings. The molecule has 29 heavy (non-hydrogen) atoms. The second-order valence-corrected chi connectivity index (χ2v) is 7.45. The Hall–Kier alpha value is -3.40. The maximum atomic E-state index is 13.3. The molecule has 0 heterocycles. The highest BCUT2D eigenvalue weighted by Gasteiger charge is 2.33. The number of hydrogen-bond donors (Lipinski definition) is 2. The summed E-state index contributed by atoms with van der Waals surface area (Å²) < 4.78 is 0. The molecule has 3 aromatic carbocycles. The van der Waals surface area contributed by atoms with Gasteiger partial charge in [0.05, 0.1) is 16.8 Å². The quantitative estimate of drug-likeness (QED) is 0.473. The minimum absolute atomic E-state index is 0.173. The topological polar surface area (TPSA) is 72.2 Å². The van der Waals surface area contributed by atoms with Crippen LogP contribution in [0.3, 0.4) is 0 Å². The highest BCUT2D eigenvalue weighted by molar-refractivity contribution is 6.31. The van der Waals surface area contributed by atoms with Gasteiger partial charge in [-0.25, -0.2) is 0 Å². The lowest BCUT2D eigenvalue weighted by molar-refractivity contribution is 0.0980. The fraction of sp³-hybridized carbons (Fsp3) is 0.200. The molecule has 4 nitrogen and oxygen atoms in total. The first kappa shape index (κ1) is 18.9. The zero-order chi connectivity index (χ0) is 20.7. The molecule has 4 heteroatoms. The van der Waals surface area contributed by atoms with Crippen molar-refractivity contribution in [3.63, 3.8) is 0 Å². The first-order valence-electron chi connectivity index (χ1n) is 9.96. The number of aryl methyl sites for hydroxylation is 3. The van der Waals surface area contributed by atoms with E-state index in [0.29, 0.717) is 33.6 Å². The summed E-state index contributed by atoms with van der Waals surface area (Å²) in [6.07, 6.45) is 1.73. The van der Waals surface area contributed by atoms with Gasteiger partial charge in [0.1, 0.15) is 0 Å². The zero-order valence-electron chi connectivity index (χ0n) is 16.9. The summed E-state index contributed by atoms with van der Waals surface area (Å²) in [6.45, 7) is 6.32. The number of benzene rings is 3. The summed E-state index contributed by atoms with van der Waals surface area (Å²) in [5, 5.41) is 3.48. The van der Waals surface area contributed by atoms with Crippen molar-refractivity contribution in [2.24, 2.45) is 0 Å². The highest BCUT2D eigenvalue weighted by Crippen LogP contribution is 2.38. The van der Waals surface area contributed by atoms with Gasteiger partial charge in [0, 0.05) is 22.5 Å². The molecule has 0 radical (unpaired) electrons. The monoisotopic (exact) mass is 384 g/mol. The van der Waals surface area contributed by atoms with Crippen LogP contribution in [0.5, 0.6) is 0 Å². The van der Waals surface area contributed by atoms with E-state index in [9.17, 15) is 9.59 Å². The van der Waals surface area contributed by atoms with Crippen molar-refractivity contribution < 1.29 is 9.59 Å². The van der Waals surface area contributed by atoms with E-state index in [1.54, 1.807) is 36.4 Å². The average molecular weight is 384 g/mol. The van der Waals surface area contributed by atoms with E-state index < -0.39 is 0 Å². The average Bonchev–Trinajstić information content (AvgIpc) is 2.73. The van der Waals surface area contributed by atoms with Crippen LogP contribution in [-0.4, -0.2) is 11.6 Å². The largest absolute Gasteiger partial charge is 0.398 e. The summed E-state index contributed by atoms with van der Waals surface area (Å²) >= 11 is 0. The van der Waals surface area contributed by atoms with Crippen LogP contribution in [-0.2, 0) is 12.8 Å². The van der Waals surface area contributed by atoms with Crippen LogP contribution in [0.2, 0.25) is 0 Å². The third kappa shape index (κ3) is 3.01. The highest BCUT2D eigenvalue weighted by atomic mass is 16.1. The molecule has 4 rings (SSSR count). The number of carbonyl (C=O) groups excluding carboxylic acids is 2. The van der Waals surface area contributed by atoms with Crippen molar-refractivity contribution in [2.75, 3.05) is 11.1 Å². The molecule has 146 valence electrons. The molecule has 0 aliphatic heterocycles. The number of ketones is 2. The summed E-state index contributed by atoms with van der Waals surface area (Å²) in [7, 11) is 0. The smallest absolute Gasteiger partial charge is 0.196 e. The van der Waals surface area contributed by atoms with Crippen molar-refractivity contribution in [1.29, 1.82) is 0 Å². The van der Waals surface area contributed by atoms with Crippen molar-refractivity contribution >= 4 is 28.6 Å². The van der Waals surface area contributed by atoms with Crippen LogP contribution >= 0.6 is 0 Å². The third-order valence-corrected chi connectivity index (χ3v) is 5.58. The molecule has 0 saturated heterocycles. The van der Waals surface area contributed by atoms with Crippen molar-refractivity contribution in [3.8, 4) is 0 Å². The van der Waals surface area contributed by atoms with Gasteiger partial charge in [-0.3, -0.25) is 9.59 Å². The van der Waals surface area contributed by atoms with E-state index in [1.807, 2.05) is 0 Å². The Kier molecular flexibility index (Phi) is 4.71. The number of nitrogen functional groups attached to an aromatic ring is 1. The Morgan fingerprint density at radius 3 is 1.93 bits per heavy atom. The van der Waals surface area contributed by atoms with Crippen LogP contribution in [0, 0.1) is 6.92 Å². The predicted molar refractivity (Wildman–Crippen MR) is 117 cm³/mol. The molecular weight excluding hydrogens is 360 g/mol. The SMILES string of the molecule is CCc1cc(C)cc(CC)c1Nc1ccc(N)c2c1C(=O)c1ccccc1C2=O. The van der Waals surface area contributed by atoms with Gasteiger partial charge in [-0.05, 0) is 43.0 Å². The first-order chi connectivity index (χ1) is 14.0. The van der Waals surface area contributed by atoms with Crippen molar-refractivity contribution in [1.82, 2.24) is 0 Å². The number of anilines is 3. The van der Waals surface area contributed by atoms with E-state index in [0.717, 1.165) is 18.5 Å². The maximum absolute atomic E-state index is 13.3. The van der Waals surface area contributed by atoms with Crippen LogP contribution in [0.1, 0.15) is 62.4 Å². The number of nitrogens with two attached hydrogens (primary N) is 1. The van der Waals surface area contributed by atoms with Crippen molar-refractivity contribution in [2.45, 2.75) is 33.6 Å².